The van der Waals surface area contributed by atoms with E-state index in [2.05, 4.69) is 15.3 Å². The van der Waals surface area contributed by atoms with Crippen molar-refractivity contribution >= 4 is 17.7 Å². The van der Waals surface area contributed by atoms with Gasteiger partial charge in [-0.05, 0) is 33.8 Å². The van der Waals surface area contributed by atoms with Gasteiger partial charge in [0.2, 0.25) is 11.1 Å². The smallest absolute Gasteiger partial charge is 0.271 e. The molecule has 0 unspecified atom stereocenters. The third-order valence-electron chi connectivity index (χ3n) is 3.94. The third-order valence-corrected chi connectivity index (χ3v) is 4.87. The van der Waals surface area contributed by atoms with E-state index in [1.807, 2.05) is 38.7 Å². The zero-order chi connectivity index (χ0) is 18.1. The van der Waals surface area contributed by atoms with Crippen molar-refractivity contribution in [2.45, 2.75) is 45.1 Å². The predicted molar refractivity (Wildman–Crippen MR) is 94.1 cm³/mol. The molecule has 0 radical (unpaired) electrons. The van der Waals surface area contributed by atoms with Crippen molar-refractivity contribution in [3.8, 4) is 5.95 Å². The number of nitrogen functional groups attached to an aromatic ring is 1. The topological polar surface area (TPSA) is 104 Å². The first-order valence-electron chi connectivity index (χ1n) is 8.15. The fraction of sp³-hybridized carbons (Fsp3) is 0.600. The van der Waals surface area contributed by atoms with Gasteiger partial charge in [0.15, 0.2) is 0 Å². The molecular weight excluding hydrogens is 342 g/mol. The fourth-order valence-corrected chi connectivity index (χ4v) is 3.70. The van der Waals surface area contributed by atoms with Crippen LogP contribution in [0.5, 0.6) is 0 Å². The number of rotatable bonds is 4. The summed E-state index contributed by atoms with van der Waals surface area (Å²) in [7, 11) is 0. The zero-order valence-electron chi connectivity index (χ0n) is 14.8. The predicted octanol–water partition coefficient (Wildman–Crippen LogP) is 0.522. The summed E-state index contributed by atoms with van der Waals surface area (Å²) in [6.07, 6.45) is 0.0991. The van der Waals surface area contributed by atoms with Crippen molar-refractivity contribution in [2.75, 3.05) is 24.7 Å². The molecule has 1 aliphatic heterocycles. The van der Waals surface area contributed by atoms with Crippen molar-refractivity contribution in [3.05, 3.63) is 17.5 Å². The van der Waals surface area contributed by atoms with Crippen LogP contribution in [0.15, 0.2) is 11.2 Å². The van der Waals surface area contributed by atoms with E-state index >= 15 is 0 Å². The summed E-state index contributed by atoms with van der Waals surface area (Å²) in [6, 6.07) is 1.94. The Morgan fingerprint density at radius 1 is 1.32 bits per heavy atom. The molecule has 0 saturated carbocycles. The molecule has 2 aromatic rings. The van der Waals surface area contributed by atoms with Crippen molar-refractivity contribution in [3.63, 3.8) is 0 Å². The van der Waals surface area contributed by atoms with E-state index < -0.39 is 0 Å². The minimum atomic E-state index is 0.0441. The number of nitrogens with two attached hydrogens (primary N) is 1. The summed E-state index contributed by atoms with van der Waals surface area (Å²) in [4.78, 5) is 14.3. The summed E-state index contributed by atoms with van der Waals surface area (Å²) in [5, 5.41) is 13.0. The second kappa shape index (κ2) is 7.04. The fourth-order valence-electron chi connectivity index (χ4n) is 2.94. The maximum Gasteiger partial charge on any atom is 0.271 e. The lowest BCUT2D eigenvalue weighted by molar-refractivity contribution is -0.140. The van der Waals surface area contributed by atoms with Crippen molar-refractivity contribution < 1.29 is 9.53 Å². The van der Waals surface area contributed by atoms with Crippen molar-refractivity contribution in [1.82, 2.24) is 29.6 Å². The summed E-state index contributed by atoms with van der Waals surface area (Å²) in [5.41, 5.74) is 1.79. The number of carbonyl (C=O) groups is 1. The van der Waals surface area contributed by atoms with E-state index in [9.17, 15) is 4.79 Å². The number of hydrogen-bond donors (Lipinski definition) is 1. The molecular formula is C15H23N7O2S. The molecule has 9 nitrogen and oxygen atoms in total. The van der Waals surface area contributed by atoms with E-state index in [1.165, 1.54) is 16.4 Å². The molecule has 2 atom stereocenters. The third kappa shape index (κ3) is 3.79. The van der Waals surface area contributed by atoms with Crippen LogP contribution in [0.1, 0.15) is 25.2 Å². The van der Waals surface area contributed by atoms with Crippen LogP contribution >= 0.6 is 11.8 Å². The molecule has 0 spiro atoms. The summed E-state index contributed by atoms with van der Waals surface area (Å²) < 4.78 is 8.66. The van der Waals surface area contributed by atoms with Crippen LogP contribution < -0.4 is 5.84 Å². The molecule has 0 bridgehead atoms. The zero-order valence-corrected chi connectivity index (χ0v) is 15.7. The van der Waals surface area contributed by atoms with Gasteiger partial charge in [0, 0.05) is 18.8 Å². The van der Waals surface area contributed by atoms with Gasteiger partial charge in [-0.25, -0.2) is 9.36 Å². The minimum absolute atomic E-state index is 0.0441. The normalized spacial score (nSPS) is 20.9. The molecule has 25 heavy (non-hydrogen) atoms. The average molecular weight is 365 g/mol. The van der Waals surface area contributed by atoms with E-state index in [0.717, 1.165) is 11.4 Å². The largest absolute Gasteiger partial charge is 0.372 e. The van der Waals surface area contributed by atoms with Gasteiger partial charge < -0.3 is 15.5 Å². The second-order valence-electron chi connectivity index (χ2n) is 6.34. The minimum Gasteiger partial charge on any atom is -0.372 e. The number of hydrogen-bond acceptors (Lipinski definition) is 7. The number of carbonyl (C=O) groups excluding carboxylic acids is 1. The number of amides is 1. The number of thioether (sulfide) groups is 1. The highest BCUT2D eigenvalue weighted by molar-refractivity contribution is 7.99. The Hall–Kier alpha value is -2.07. The van der Waals surface area contributed by atoms with Gasteiger partial charge in [-0.3, -0.25) is 4.79 Å². The lowest BCUT2D eigenvalue weighted by atomic mass is 10.2. The van der Waals surface area contributed by atoms with Crippen molar-refractivity contribution in [2.24, 2.45) is 0 Å². The molecule has 3 rings (SSSR count). The van der Waals surface area contributed by atoms with Gasteiger partial charge in [-0.1, -0.05) is 11.8 Å². The van der Waals surface area contributed by atoms with Gasteiger partial charge in [0.25, 0.3) is 5.95 Å². The highest BCUT2D eigenvalue weighted by Crippen LogP contribution is 2.19. The first-order chi connectivity index (χ1) is 11.8. The lowest BCUT2D eigenvalue weighted by Crippen LogP contribution is -2.48. The highest BCUT2D eigenvalue weighted by Gasteiger charge is 2.26. The Bertz CT molecular complexity index is 762. The molecule has 3 heterocycles. The summed E-state index contributed by atoms with van der Waals surface area (Å²) in [5.74, 6) is 6.81. The molecule has 1 fully saturated rings. The standard InChI is InChI=1S/C15H23N7O2S/c1-9-5-10(2)22(19-9)14-17-18-15(21(14)16)25-8-13(23)20-6-11(3)24-12(4)7-20/h5,11-12H,6-8,16H2,1-4H3/t11-,12+. The Morgan fingerprint density at radius 2 is 2.00 bits per heavy atom. The maximum atomic E-state index is 12.4. The Kier molecular flexibility index (Phi) is 5.00. The van der Waals surface area contributed by atoms with E-state index in [4.69, 9.17) is 10.6 Å². The quantitative estimate of drug-likeness (QED) is 0.622. The number of aryl methyl sites for hydroxylation is 2. The monoisotopic (exact) mass is 365 g/mol. The van der Waals surface area contributed by atoms with Crippen LogP contribution in [0.25, 0.3) is 5.95 Å². The molecule has 2 N–H and O–H groups in total. The van der Waals surface area contributed by atoms with E-state index in [0.29, 0.717) is 24.2 Å². The van der Waals surface area contributed by atoms with Crippen LogP contribution in [0.2, 0.25) is 0 Å². The number of nitrogens with zero attached hydrogens (tertiary/aromatic N) is 6. The number of aromatic nitrogens is 5. The molecule has 136 valence electrons. The van der Waals surface area contributed by atoms with Crippen LogP contribution in [0.4, 0.5) is 0 Å². The lowest BCUT2D eigenvalue weighted by Gasteiger charge is -2.35. The second-order valence-corrected chi connectivity index (χ2v) is 7.28. The Balaban J connectivity index is 1.66. The molecule has 1 amide bonds. The van der Waals surface area contributed by atoms with Gasteiger partial charge in [0.1, 0.15) is 0 Å². The van der Waals surface area contributed by atoms with Crippen molar-refractivity contribution in [1.29, 1.82) is 0 Å². The molecule has 1 aliphatic rings. The Morgan fingerprint density at radius 3 is 2.60 bits per heavy atom. The van der Waals surface area contributed by atoms with Gasteiger partial charge in [-0.15, -0.1) is 10.2 Å². The SMILES string of the molecule is Cc1cc(C)n(-c2nnc(SCC(=O)N3C[C@@H](C)O[C@@H](C)C3)n2N)n1. The molecule has 2 aromatic heterocycles. The first-order valence-corrected chi connectivity index (χ1v) is 9.14. The van der Waals surface area contributed by atoms with Gasteiger partial charge in [0.05, 0.1) is 23.7 Å². The molecule has 10 heteroatoms. The van der Waals surface area contributed by atoms with Gasteiger partial charge in [-0.2, -0.15) is 5.10 Å². The highest BCUT2D eigenvalue weighted by atomic mass is 32.2. The van der Waals surface area contributed by atoms with Crippen LogP contribution in [-0.2, 0) is 9.53 Å². The van der Waals surface area contributed by atoms with E-state index in [1.54, 1.807) is 4.68 Å². The van der Waals surface area contributed by atoms with Gasteiger partial charge >= 0.3 is 0 Å². The molecule has 1 saturated heterocycles. The van der Waals surface area contributed by atoms with Crippen LogP contribution in [0, 0.1) is 13.8 Å². The first kappa shape index (κ1) is 17.7. The number of morpholine rings is 1. The molecule has 0 aliphatic carbocycles. The van der Waals surface area contributed by atoms with Crippen LogP contribution in [0.3, 0.4) is 0 Å². The molecule has 0 aromatic carbocycles. The van der Waals surface area contributed by atoms with Crippen LogP contribution in [-0.4, -0.2) is 66.5 Å². The summed E-state index contributed by atoms with van der Waals surface area (Å²) >= 11 is 1.27. The Labute approximate surface area is 150 Å². The summed E-state index contributed by atoms with van der Waals surface area (Å²) in [6.45, 7) is 8.98. The average Bonchev–Trinajstić information content (AvgIpc) is 3.05. The number of ether oxygens (including phenoxy) is 1. The van der Waals surface area contributed by atoms with E-state index in [-0.39, 0.29) is 23.9 Å². The maximum absolute atomic E-state index is 12.4.